The second-order valence-electron chi connectivity index (χ2n) is 6.45. The lowest BCUT2D eigenvalue weighted by Gasteiger charge is -2.23. The maximum atomic E-state index is 10.4. The molecule has 3 nitrogen and oxygen atoms in total. The van der Waals surface area contributed by atoms with Crippen molar-refractivity contribution in [2.75, 3.05) is 18.0 Å². The SMILES string of the molecule is O=CNCc1ccc(N2CCCC(c3ccc(P)cc3)CC2)cc1. The summed E-state index contributed by atoms with van der Waals surface area (Å²) in [5.41, 5.74) is 3.89. The molecule has 4 heteroatoms. The molecule has 0 radical (unpaired) electrons. The fraction of sp³-hybridized carbons (Fsp3) is 0.350. The Bertz CT molecular complexity index is 654. The molecule has 1 amide bonds. The van der Waals surface area contributed by atoms with Crippen molar-refractivity contribution in [1.29, 1.82) is 0 Å². The van der Waals surface area contributed by atoms with Crippen LogP contribution in [0.25, 0.3) is 0 Å². The number of rotatable bonds is 5. The van der Waals surface area contributed by atoms with Crippen LogP contribution in [0.3, 0.4) is 0 Å². The number of carbonyl (C=O) groups excluding carboxylic acids is 1. The molecule has 0 spiro atoms. The zero-order chi connectivity index (χ0) is 16.8. The van der Waals surface area contributed by atoms with Crippen molar-refractivity contribution in [3.05, 3.63) is 59.7 Å². The smallest absolute Gasteiger partial charge is 0.207 e. The summed E-state index contributed by atoms with van der Waals surface area (Å²) in [7, 11) is 2.75. The average Bonchev–Trinajstić information content (AvgIpc) is 2.87. The Morgan fingerprint density at radius 2 is 1.79 bits per heavy atom. The summed E-state index contributed by atoms with van der Waals surface area (Å²) in [5, 5.41) is 3.95. The summed E-state index contributed by atoms with van der Waals surface area (Å²) in [6.45, 7) is 2.81. The van der Waals surface area contributed by atoms with E-state index in [9.17, 15) is 4.79 Å². The molecule has 24 heavy (non-hydrogen) atoms. The Kier molecular flexibility index (Phi) is 5.87. The van der Waals surface area contributed by atoms with E-state index in [1.165, 1.54) is 35.8 Å². The number of nitrogens with zero attached hydrogens (tertiary/aromatic N) is 1. The van der Waals surface area contributed by atoms with Gasteiger partial charge in [-0.05, 0) is 53.7 Å². The molecule has 2 atom stereocenters. The highest BCUT2D eigenvalue weighted by Gasteiger charge is 2.18. The van der Waals surface area contributed by atoms with E-state index in [2.05, 4.69) is 68.0 Å². The molecule has 3 rings (SSSR count). The minimum Gasteiger partial charge on any atom is -0.372 e. The van der Waals surface area contributed by atoms with Crippen molar-refractivity contribution < 1.29 is 4.79 Å². The first-order chi connectivity index (χ1) is 11.8. The van der Waals surface area contributed by atoms with Crippen LogP contribution in [0.4, 0.5) is 5.69 Å². The number of carbonyl (C=O) groups is 1. The largest absolute Gasteiger partial charge is 0.372 e. The predicted molar refractivity (Wildman–Crippen MR) is 104 cm³/mol. The highest BCUT2D eigenvalue weighted by Crippen LogP contribution is 2.29. The van der Waals surface area contributed by atoms with Gasteiger partial charge in [0.05, 0.1) is 0 Å². The first-order valence-corrected chi connectivity index (χ1v) is 9.20. The maximum Gasteiger partial charge on any atom is 0.207 e. The van der Waals surface area contributed by atoms with Gasteiger partial charge in [-0.1, -0.05) is 36.4 Å². The third kappa shape index (κ3) is 4.36. The van der Waals surface area contributed by atoms with Crippen LogP contribution >= 0.6 is 9.24 Å². The van der Waals surface area contributed by atoms with Gasteiger partial charge in [0, 0.05) is 25.3 Å². The highest BCUT2D eigenvalue weighted by atomic mass is 31.0. The van der Waals surface area contributed by atoms with Crippen LogP contribution in [-0.4, -0.2) is 19.5 Å². The molecule has 0 aliphatic carbocycles. The standard InChI is InChI=1S/C20H25N2OP/c23-15-21-14-16-3-7-19(8-4-16)22-12-1-2-17(11-13-22)18-5-9-20(24)10-6-18/h3-10,15,17H,1-2,11-14,24H2,(H,21,23). The van der Waals surface area contributed by atoms with Crippen molar-refractivity contribution in [2.24, 2.45) is 0 Å². The Morgan fingerprint density at radius 3 is 2.50 bits per heavy atom. The Morgan fingerprint density at radius 1 is 1.04 bits per heavy atom. The van der Waals surface area contributed by atoms with Gasteiger partial charge >= 0.3 is 0 Å². The summed E-state index contributed by atoms with van der Waals surface area (Å²) in [5.74, 6) is 0.664. The molecule has 1 saturated heterocycles. The average molecular weight is 340 g/mol. The van der Waals surface area contributed by atoms with Gasteiger partial charge in [0.1, 0.15) is 0 Å². The molecule has 1 N–H and O–H groups in total. The van der Waals surface area contributed by atoms with Gasteiger partial charge in [-0.2, -0.15) is 0 Å². The van der Waals surface area contributed by atoms with Crippen molar-refractivity contribution in [1.82, 2.24) is 5.32 Å². The summed E-state index contributed by atoms with van der Waals surface area (Å²) < 4.78 is 0. The molecular formula is C20H25N2OP. The Balaban J connectivity index is 1.62. The third-order valence-corrected chi connectivity index (χ3v) is 5.21. The summed E-state index contributed by atoms with van der Waals surface area (Å²) >= 11 is 0. The zero-order valence-corrected chi connectivity index (χ0v) is 15.1. The van der Waals surface area contributed by atoms with Crippen molar-refractivity contribution in [3.8, 4) is 0 Å². The monoisotopic (exact) mass is 340 g/mol. The van der Waals surface area contributed by atoms with E-state index in [0.29, 0.717) is 12.5 Å². The molecule has 2 unspecified atom stereocenters. The van der Waals surface area contributed by atoms with E-state index < -0.39 is 0 Å². The normalized spacial score (nSPS) is 18.0. The van der Waals surface area contributed by atoms with Crippen molar-refractivity contribution in [3.63, 3.8) is 0 Å². The molecule has 1 aliphatic rings. The van der Waals surface area contributed by atoms with Gasteiger partial charge in [-0.3, -0.25) is 4.79 Å². The second-order valence-corrected chi connectivity index (χ2v) is 7.11. The molecular weight excluding hydrogens is 315 g/mol. The maximum absolute atomic E-state index is 10.4. The van der Waals surface area contributed by atoms with Crippen LogP contribution in [0.2, 0.25) is 0 Å². The molecule has 2 aromatic rings. The third-order valence-electron chi connectivity index (χ3n) is 4.83. The van der Waals surface area contributed by atoms with Crippen LogP contribution in [0.15, 0.2) is 48.5 Å². The van der Waals surface area contributed by atoms with Crippen molar-refractivity contribution in [2.45, 2.75) is 31.7 Å². The molecule has 1 heterocycles. The van der Waals surface area contributed by atoms with Crippen molar-refractivity contribution >= 4 is 26.6 Å². The van der Waals surface area contributed by atoms with Crippen LogP contribution in [0.5, 0.6) is 0 Å². The number of nitrogens with one attached hydrogen (secondary N) is 1. The fourth-order valence-electron chi connectivity index (χ4n) is 3.44. The van der Waals surface area contributed by atoms with E-state index in [4.69, 9.17) is 0 Å². The molecule has 1 fully saturated rings. The predicted octanol–water partition coefficient (Wildman–Crippen LogP) is 3.21. The Labute approximate surface area is 146 Å². The first-order valence-electron chi connectivity index (χ1n) is 8.62. The summed E-state index contributed by atoms with van der Waals surface area (Å²) in [6.07, 6.45) is 4.42. The Hall–Kier alpha value is -1.86. The lowest BCUT2D eigenvalue weighted by molar-refractivity contribution is -0.109. The molecule has 2 aromatic carbocycles. The lowest BCUT2D eigenvalue weighted by Crippen LogP contribution is -2.24. The zero-order valence-electron chi connectivity index (χ0n) is 13.9. The number of benzene rings is 2. The van der Waals surface area contributed by atoms with Gasteiger partial charge in [-0.15, -0.1) is 9.24 Å². The van der Waals surface area contributed by atoms with Crippen LogP contribution in [0.1, 0.15) is 36.3 Å². The quantitative estimate of drug-likeness (QED) is 0.670. The fourth-order valence-corrected chi connectivity index (χ4v) is 3.63. The van der Waals surface area contributed by atoms with Gasteiger partial charge in [-0.25, -0.2) is 0 Å². The minimum absolute atomic E-state index is 0.595. The van der Waals surface area contributed by atoms with E-state index in [1.54, 1.807) is 0 Å². The van der Waals surface area contributed by atoms with E-state index >= 15 is 0 Å². The number of amides is 1. The van der Waals surface area contributed by atoms with Gasteiger partial charge in [0.25, 0.3) is 0 Å². The lowest BCUT2D eigenvalue weighted by atomic mass is 9.92. The summed E-state index contributed by atoms with van der Waals surface area (Å²) in [6, 6.07) is 17.5. The van der Waals surface area contributed by atoms with Gasteiger partial charge in [0.15, 0.2) is 0 Å². The number of anilines is 1. The molecule has 0 saturated carbocycles. The highest BCUT2D eigenvalue weighted by molar-refractivity contribution is 7.27. The molecule has 126 valence electrons. The molecule has 0 bridgehead atoms. The second kappa shape index (κ2) is 8.30. The van der Waals surface area contributed by atoms with Crippen LogP contribution in [-0.2, 0) is 11.3 Å². The molecule has 0 aromatic heterocycles. The van der Waals surface area contributed by atoms with Gasteiger partial charge < -0.3 is 10.2 Å². The number of hydrogen-bond acceptors (Lipinski definition) is 2. The topological polar surface area (TPSA) is 32.3 Å². The van der Waals surface area contributed by atoms with Crippen LogP contribution < -0.4 is 15.5 Å². The molecule has 1 aliphatic heterocycles. The number of hydrogen-bond donors (Lipinski definition) is 1. The van der Waals surface area contributed by atoms with E-state index in [-0.39, 0.29) is 0 Å². The summed E-state index contributed by atoms with van der Waals surface area (Å²) in [4.78, 5) is 12.9. The van der Waals surface area contributed by atoms with Gasteiger partial charge in [0.2, 0.25) is 6.41 Å². The van der Waals surface area contributed by atoms with E-state index in [0.717, 1.165) is 25.1 Å². The minimum atomic E-state index is 0.595. The van der Waals surface area contributed by atoms with E-state index in [1.807, 2.05) is 0 Å². The van der Waals surface area contributed by atoms with Crippen LogP contribution in [0, 0.1) is 0 Å². The first kappa shape index (κ1) is 17.0.